The molecule has 1 aliphatic heterocycles. The summed E-state index contributed by atoms with van der Waals surface area (Å²) >= 11 is 0. The summed E-state index contributed by atoms with van der Waals surface area (Å²) in [5, 5.41) is 6.48. The zero-order chi connectivity index (χ0) is 11.8. The van der Waals surface area contributed by atoms with Gasteiger partial charge in [0.2, 0.25) is 5.91 Å². The van der Waals surface area contributed by atoms with Gasteiger partial charge in [0.05, 0.1) is 0 Å². The molecule has 0 spiro atoms. The van der Waals surface area contributed by atoms with Gasteiger partial charge in [0, 0.05) is 32.2 Å². The second-order valence-electron chi connectivity index (χ2n) is 4.51. The summed E-state index contributed by atoms with van der Waals surface area (Å²) in [7, 11) is 1.69. The molecule has 16 heavy (non-hydrogen) atoms. The van der Waals surface area contributed by atoms with Crippen LogP contribution in [0.3, 0.4) is 0 Å². The first-order valence-electron chi connectivity index (χ1n) is 6.25. The Labute approximate surface area is 98.1 Å². The van der Waals surface area contributed by atoms with Gasteiger partial charge in [-0.2, -0.15) is 0 Å². The number of unbranched alkanes of at least 4 members (excludes halogenated alkanes) is 1. The van der Waals surface area contributed by atoms with Crippen molar-refractivity contribution in [3.63, 3.8) is 0 Å². The molecule has 2 unspecified atom stereocenters. The third-order valence-corrected chi connectivity index (χ3v) is 3.11. The summed E-state index contributed by atoms with van der Waals surface area (Å²) in [5.74, 6) is 0.177. The van der Waals surface area contributed by atoms with Gasteiger partial charge in [-0.25, -0.2) is 0 Å². The molecule has 0 saturated carbocycles. The summed E-state index contributed by atoms with van der Waals surface area (Å²) in [4.78, 5) is 11.6. The van der Waals surface area contributed by atoms with E-state index in [1.165, 1.54) is 0 Å². The van der Waals surface area contributed by atoms with E-state index in [0.29, 0.717) is 18.5 Å². The van der Waals surface area contributed by atoms with E-state index in [2.05, 4.69) is 17.6 Å². The van der Waals surface area contributed by atoms with Crippen molar-refractivity contribution < 1.29 is 9.53 Å². The first-order valence-corrected chi connectivity index (χ1v) is 6.25. The fourth-order valence-corrected chi connectivity index (χ4v) is 2.05. The molecule has 1 rings (SSSR count). The molecule has 4 nitrogen and oxygen atoms in total. The molecule has 0 radical (unpaired) electrons. The Bertz CT molecular complexity index is 209. The van der Waals surface area contributed by atoms with Crippen LogP contribution >= 0.6 is 0 Å². The lowest BCUT2D eigenvalue weighted by Crippen LogP contribution is -2.51. The molecule has 2 atom stereocenters. The molecule has 0 aromatic rings. The molecule has 1 aliphatic rings. The first-order chi connectivity index (χ1) is 7.74. The van der Waals surface area contributed by atoms with E-state index in [0.717, 1.165) is 38.8 Å². The average Bonchev–Trinajstić information content (AvgIpc) is 2.28. The maximum absolute atomic E-state index is 11.6. The number of carbonyl (C=O) groups is 1. The lowest BCUT2D eigenvalue weighted by molar-refractivity contribution is -0.122. The Balaban J connectivity index is 2.12. The van der Waals surface area contributed by atoms with E-state index in [4.69, 9.17) is 4.74 Å². The van der Waals surface area contributed by atoms with Crippen LogP contribution in [0, 0.1) is 0 Å². The summed E-state index contributed by atoms with van der Waals surface area (Å²) < 4.78 is 4.95. The van der Waals surface area contributed by atoms with Crippen molar-refractivity contribution in [2.75, 3.05) is 20.3 Å². The smallest absolute Gasteiger partial charge is 0.220 e. The molecule has 0 aromatic carbocycles. The molecule has 4 heteroatoms. The van der Waals surface area contributed by atoms with Gasteiger partial charge in [0.1, 0.15) is 0 Å². The second kappa shape index (κ2) is 7.63. The predicted molar refractivity (Wildman–Crippen MR) is 64.4 cm³/mol. The molecule has 1 saturated heterocycles. The highest BCUT2D eigenvalue weighted by molar-refractivity contribution is 5.76. The van der Waals surface area contributed by atoms with Crippen LogP contribution in [0.5, 0.6) is 0 Å². The Hall–Kier alpha value is -0.610. The molecule has 1 fully saturated rings. The van der Waals surface area contributed by atoms with Gasteiger partial charge < -0.3 is 15.4 Å². The number of hydrogen-bond acceptors (Lipinski definition) is 3. The highest BCUT2D eigenvalue weighted by Crippen LogP contribution is 2.08. The number of carbonyl (C=O) groups excluding carboxylic acids is 1. The Morgan fingerprint density at radius 2 is 2.31 bits per heavy atom. The van der Waals surface area contributed by atoms with Crippen LogP contribution in [0.4, 0.5) is 0 Å². The zero-order valence-corrected chi connectivity index (χ0v) is 10.4. The minimum absolute atomic E-state index is 0.177. The number of hydrogen-bond donors (Lipinski definition) is 2. The molecule has 1 heterocycles. The SMILES string of the molecule is COCCCCC(=O)NC1CCCNC1C. The van der Waals surface area contributed by atoms with Crippen LogP contribution in [-0.4, -0.2) is 38.3 Å². The summed E-state index contributed by atoms with van der Waals surface area (Å²) in [6.45, 7) is 3.95. The highest BCUT2D eigenvalue weighted by atomic mass is 16.5. The van der Waals surface area contributed by atoms with Crippen molar-refractivity contribution in [2.24, 2.45) is 0 Å². The number of piperidine rings is 1. The van der Waals surface area contributed by atoms with Gasteiger partial charge in [0.25, 0.3) is 0 Å². The van der Waals surface area contributed by atoms with Crippen molar-refractivity contribution in [1.29, 1.82) is 0 Å². The molecule has 2 N–H and O–H groups in total. The molecule has 1 amide bonds. The predicted octanol–water partition coefficient (Wildman–Crippen LogP) is 1.06. The van der Waals surface area contributed by atoms with Crippen LogP contribution in [0.15, 0.2) is 0 Å². The quantitative estimate of drug-likeness (QED) is 0.668. The summed E-state index contributed by atoms with van der Waals surface area (Å²) in [5.41, 5.74) is 0. The molecule has 0 aliphatic carbocycles. The largest absolute Gasteiger partial charge is 0.385 e. The van der Waals surface area contributed by atoms with E-state index >= 15 is 0 Å². The summed E-state index contributed by atoms with van der Waals surface area (Å²) in [6, 6.07) is 0.709. The molecule has 0 aromatic heterocycles. The van der Waals surface area contributed by atoms with Gasteiger partial charge in [0.15, 0.2) is 0 Å². The molecule has 94 valence electrons. The van der Waals surface area contributed by atoms with Crippen LogP contribution < -0.4 is 10.6 Å². The number of amides is 1. The Kier molecular flexibility index (Phi) is 6.42. The zero-order valence-electron chi connectivity index (χ0n) is 10.4. The minimum Gasteiger partial charge on any atom is -0.385 e. The Morgan fingerprint density at radius 1 is 1.50 bits per heavy atom. The standard InChI is InChI=1S/C12H24N2O2/c1-10-11(6-5-8-13-10)14-12(15)7-3-4-9-16-2/h10-11,13H,3-9H2,1-2H3,(H,14,15). The molecule has 0 bridgehead atoms. The first kappa shape index (κ1) is 13.5. The van der Waals surface area contributed by atoms with Crippen molar-refractivity contribution in [1.82, 2.24) is 10.6 Å². The monoisotopic (exact) mass is 228 g/mol. The van der Waals surface area contributed by atoms with E-state index in [1.807, 2.05) is 0 Å². The fourth-order valence-electron chi connectivity index (χ4n) is 2.05. The number of methoxy groups -OCH3 is 1. The second-order valence-corrected chi connectivity index (χ2v) is 4.51. The van der Waals surface area contributed by atoms with Crippen molar-refractivity contribution >= 4 is 5.91 Å². The van der Waals surface area contributed by atoms with E-state index in [-0.39, 0.29) is 5.91 Å². The van der Waals surface area contributed by atoms with Crippen LogP contribution in [-0.2, 0) is 9.53 Å². The number of rotatable bonds is 6. The van der Waals surface area contributed by atoms with Crippen molar-refractivity contribution in [3.8, 4) is 0 Å². The fraction of sp³-hybridized carbons (Fsp3) is 0.917. The maximum Gasteiger partial charge on any atom is 0.220 e. The van der Waals surface area contributed by atoms with Gasteiger partial charge in [-0.15, -0.1) is 0 Å². The van der Waals surface area contributed by atoms with Crippen LogP contribution in [0.1, 0.15) is 39.0 Å². The van der Waals surface area contributed by atoms with Gasteiger partial charge >= 0.3 is 0 Å². The lowest BCUT2D eigenvalue weighted by Gasteiger charge is -2.30. The minimum atomic E-state index is 0.177. The third-order valence-electron chi connectivity index (χ3n) is 3.11. The lowest BCUT2D eigenvalue weighted by atomic mass is 9.99. The average molecular weight is 228 g/mol. The van der Waals surface area contributed by atoms with Crippen LogP contribution in [0.25, 0.3) is 0 Å². The van der Waals surface area contributed by atoms with Gasteiger partial charge in [-0.05, 0) is 39.2 Å². The van der Waals surface area contributed by atoms with Gasteiger partial charge in [-0.3, -0.25) is 4.79 Å². The normalized spacial score (nSPS) is 25.4. The number of ether oxygens (including phenoxy) is 1. The Morgan fingerprint density at radius 3 is 3.00 bits per heavy atom. The van der Waals surface area contributed by atoms with Crippen molar-refractivity contribution in [2.45, 2.75) is 51.1 Å². The molecular weight excluding hydrogens is 204 g/mol. The van der Waals surface area contributed by atoms with Crippen molar-refractivity contribution in [3.05, 3.63) is 0 Å². The van der Waals surface area contributed by atoms with Gasteiger partial charge in [-0.1, -0.05) is 0 Å². The van der Waals surface area contributed by atoms with Crippen LogP contribution in [0.2, 0.25) is 0 Å². The molecular formula is C12H24N2O2. The van der Waals surface area contributed by atoms with E-state index in [9.17, 15) is 4.79 Å². The number of nitrogens with one attached hydrogen (secondary N) is 2. The maximum atomic E-state index is 11.6. The van der Waals surface area contributed by atoms with E-state index in [1.54, 1.807) is 7.11 Å². The third kappa shape index (κ3) is 4.94. The highest BCUT2D eigenvalue weighted by Gasteiger charge is 2.21. The summed E-state index contributed by atoms with van der Waals surface area (Å²) in [6.07, 6.45) is 4.74. The topological polar surface area (TPSA) is 50.4 Å². The van der Waals surface area contributed by atoms with E-state index < -0.39 is 0 Å².